The summed E-state index contributed by atoms with van der Waals surface area (Å²) < 4.78 is 27.7. The number of benzene rings is 3. The molecule has 36 heavy (non-hydrogen) atoms. The summed E-state index contributed by atoms with van der Waals surface area (Å²) in [5.41, 5.74) is 1.93. The minimum atomic E-state index is -0.327. The number of hydrogen-bond acceptors (Lipinski definition) is 5. The quantitative estimate of drug-likeness (QED) is 0.390. The average Bonchev–Trinajstić information content (AvgIpc) is 3.16. The van der Waals surface area contributed by atoms with Crippen LogP contribution in [-0.4, -0.2) is 40.6 Å². The molecule has 0 atom stereocenters. The number of ether oxygens (including phenoxy) is 2. The Morgan fingerprint density at radius 3 is 2.44 bits per heavy atom. The van der Waals surface area contributed by atoms with E-state index in [2.05, 4.69) is 5.32 Å². The van der Waals surface area contributed by atoms with Crippen LogP contribution in [0.4, 0.5) is 10.2 Å². The second kappa shape index (κ2) is 10.5. The third kappa shape index (κ3) is 4.88. The van der Waals surface area contributed by atoms with E-state index in [-0.39, 0.29) is 24.9 Å². The summed E-state index contributed by atoms with van der Waals surface area (Å²) >= 11 is 0. The number of fused-ring (bicyclic) bond motifs is 1. The zero-order chi connectivity index (χ0) is 24.9. The summed E-state index contributed by atoms with van der Waals surface area (Å²) in [5.74, 6) is 1.78. The smallest absolute Gasteiger partial charge is 0.274 e. The van der Waals surface area contributed by atoms with E-state index in [0.29, 0.717) is 54.0 Å². The minimum absolute atomic E-state index is 0.141. The zero-order valence-corrected chi connectivity index (χ0v) is 20.0. The van der Waals surface area contributed by atoms with Crippen LogP contribution in [0.15, 0.2) is 78.9 Å². The summed E-state index contributed by atoms with van der Waals surface area (Å²) in [4.78, 5) is 20.2. The number of carbonyl (C=O) groups is 1. The van der Waals surface area contributed by atoms with Gasteiger partial charge in [0, 0.05) is 31.7 Å². The molecular weight excluding hydrogens is 459 g/mol. The van der Waals surface area contributed by atoms with Gasteiger partial charge in [-0.1, -0.05) is 60.7 Å². The van der Waals surface area contributed by atoms with Gasteiger partial charge in [0.15, 0.2) is 23.0 Å². The Morgan fingerprint density at radius 1 is 0.944 bits per heavy atom. The first-order valence-electron chi connectivity index (χ1n) is 11.8. The Hall–Kier alpha value is -4.33. The fourth-order valence-electron chi connectivity index (χ4n) is 4.31. The number of para-hydroxylation sites is 2. The van der Waals surface area contributed by atoms with Crippen molar-refractivity contribution in [2.24, 2.45) is 0 Å². The SMILES string of the molecule is COc1ccccc1OCc1nc2c(n1Cc1ccccc1)C(=O)N(Cc1ccccc1F)CCN2. The molecule has 1 aliphatic rings. The Morgan fingerprint density at radius 2 is 1.67 bits per heavy atom. The molecule has 0 fully saturated rings. The van der Waals surface area contributed by atoms with E-state index in [0.717, 1.165) is 5.56 Å². The Balaban J connectivity index is 1.49. The average molecular weight is 487 g/mol. The maximum Gasteiger partial charge on any atom is 0.274 e. The monoisotopic (exact) mass is 486 g/mol. The predicted molar refractivity (Wildman–Crippen MR) is 135 cm³/mol. The topological polar surface area (TPSA) is 68.6 Å². The van der Waals surface area contributed by atoms with Gasteiger partial charge >= 0.3 is 0 Å². The van der Waals surface area contributed by atoms with Gasteiger partial charge in [-0.3, -0.25) is 4.79 Å². The molecule has 184 valence electrons. The molecule has 3 aromatic carbocycles. The van der Waals surface area contributed by atoms with Gasteiger partial charge in [0.2, 0.25) is 0 Å². The van der Waals surface area contributed by atoms with Gasteiger partial charge in [0.1, 0.15) is 18.2 Å². The zero-order valence-electron chi connectivity index (χ0n) is 20.0. The van der Waals surface area contributed by atoms with E-state index >= 15 is 0 Å². The number of imidazole rings is 1. The molecule has 0 spiro atoms. The van der Waals surface area contributed by atoms with Crippen molar-refractivity contribution in [3.63, 3.8) is 0 Å². The highest BCUT2D eigenvalue weighted by Gasteiger charge is 2.30. The molecule has 4 aromatic rings. The number of carbonyl (C=O) groups excluding carboxylic acids is 1. The largest absolute Gasteiger partial charge is 0.493 e. The van der Waals surface area contributed by atoms with E-state index < -0.39 is 0 Å². The Labute approximate surface area is 209 Å². The van der Waals surface area contributed by atoms with Crippen LogP contribution in [0, 0.1) is 5.82 Å². The molecule has 0 bridgehead atoms. The van der Waals surface area contributed by atoms with Crippen LogP contribution in [0.2, 0.25) is 0 Å². The number of rotatable bonds is 8. The van der Waals surface area contributed by atoms with Gasteiger partial charge < -0.3 is 24.3 Å². The number of aromatic nitrogens is 2. The summed E-state index contributed by atoms with van der Waals surface area (Å²) in [6.45, 7) is 1.69. The van der Waals surface area contributed by atoms with Crippen molar-refractivity contribution in [3.05, 3.63) is 107 Å². The number of nitrogens with zero attached hydrogens (tertiary/aromatic N) is 3. The molecule has 5 rings (SSSR count). The molecule has 1 aromatic heterocycles. The van der Waals surface area contributed by atoms with Crippen molar-refractivity contribution < 1.29 is 18.7 Å². The van der Waals surface area contributed by atoms with Crippen molar-refractivity contribution in [2.45, 2.75) is 19.7 Å². The second-order valence-electron chi connectivity index (χ2n) is 8.48. The molecule has 0 saturated heterocycles. The third-order valence-corrected chi connectivity index (χ3v) is 6.14. The fourth-order valence-corrected chi connectivity index (χ4v) is 4.31. The van der Waals surface area contributed by atoms with Crippen LogP contribution in [0.1, 0.15) is 27.4 Å². The number of nitrogens with one attached hydrogen (secondary N) is 1. The number of halogens is 1. The first kappa shape index (κ1) is 23.4. The highest BCUT2D eigenvalue weighted by Crippen LogP contribution is 2.29. The molecule has 0 radical (unpaired) electrons. The Bertz CT molecular complexity index is 1360. The first-order valence-corrected chi connectivity index (χ1v) is 11.8. The van der Waals surface area contributed by atoms with Crippen LogP contribution < -0.4 is 14.8 Å². The van der Waals surface area contributed by atoms with E-state index in [1.165, 1.54) is 6.07 Å². The summed E-state index contributed by atoms with van der Waals surface area (Å²) in [7, 11) is 1.59. The highest BCUT2D eigenvalue weighted by molar-refractivity contribution is 5.98. The Kier molecular flexibility index (Phi) is 6.84. The van der Waals surface area contributed by atoms with Gasteiger partial charge in [-0.2, -0.15) is 0 Å². The summed E-state index contributed by atoms with van der Waals surface area (Å²) in [5, 5.41) is 3.28. The van der Waals surface area contributed by atoms with Gasteiger partial charge in [-0.25, -0.2) is 9.37 Å². The first-order chi connectivity index (χ1) is 17.6. The molecule has 1 aliphatic heterocycles. The summed E-state index contributed by atoms with van der Waals surface area (Å²) in [6.07, 6.45) is 0. The van der Waals surface area contributed by atoms with Gasteiger partial charge in [-0.15, -0.1) is 0 Å². The molecule has 0 saturated carbocycles. The molecule has 1 N–H and O–H groups in total. The lowest BCUT2D eigenvalue weighted by atomic mass is 10.2. The normalized spacial score (nSPS) is 13.1. The lowest BCUT2D eigenvalue weighted by Gasteiger charge is -2.22. The lowest BCUT2D eigenvalue weighted by Crippen LogP contribution is -2.34. The second-order valence-corrected chi connectivity index (χ2v) is 8.48. The number of hydrogen-bond donors (Lipinski definition) is 1. The van der Waals surface area contributed by atoms with E-state index in [9.17, 15) is 9.18 Å². The number of methoxy groups -OCH3 is 1. The van der Waals surface area contributed by atoms with Crippen LogP contribution in [-0.2, 0) is 19.7 Å². The maximum absolute atomic E-state index is 14.4. The number of amides is 1. The van der Waals surface area contributed by atoms with Crippen molar-refractivity contribution in [3.8, 4) is 11.5 Å². The van der Waals surface area contributed by atoms with Crippen LogP contribution in [0.3, 0.4) is 0 Å². The molecule has 2 heterocycles. The molecule has 7 nitrogen and oxygen atoms in total. The van der Waals surface area contributed by atoms with E-state index in [1.54, 1.807) is 30.2 Å². The van der Waals surface area contributed by atoms with Crippen molar-refractivity contribution >= 4 is 11.7 Å². The molecule has 0 aliphatic carbocycles. The van der Waals surface area contributed by atoms with E-state index in [4.69, 9.17) is 14.5 Å². The van der Waals surface area contributed by atoms with Gasteiger partial charge in [0.05, 0.1) is 7.11 Å². The molecular formula is C28H27FN4O3. The minimum Gasteiger partial charge on any atom is -0.493 e. The van der Waals surface area contributed by atoms with Crippen LogP contribution in [0.5, 0.6) is 11.5 Å². The molecule has 1 amide bonds. The van der Waals surface area contributed by atoms with Crippen molar-refractivity contribution in [1.29, 1.82) is 0 Å². The van der Waals surface area contributed by atoms with Crippen molar-refractivity contribution in [1.82, 2.24) is 14.5 Å². The standard InChI is InChI=1S/C28H27FN4O3/c1-35-23-13-7-8-14-24(23)36-19-25-31-27-26(33(25)17-20-9-3-2-4-10-20)28(34)32(16-15-30-27)18-21-11-5-6-12-22(21)29/h2-14,30H,15-19H2,1H3. The third-order valence-electron chi connectivity index (χ3n) is 6.14. The van der Waals surface area contributed by atoms with E-state index in [1.807, 2.05) is 59.2 Å². The molecule has 8 heteroatoms. The fraction of sp³-hybridized carbons (Fsp3) is 0.214. The number of anilines is 1. The van der Waals surface area contributed by atoms with Crippen LogP contribution in [0.25, 0.3) is 0 Å². The van der Waals surface area contributed by atoms with Gasteiger partial charge in [0.25, 0.3) is 5.91 Å². The molecule has 0 unspecified atom stereocenters. The highest BCUT2D eigenvalue weighted by atomic mass is 19.1. The van der Waals surface area contributed by atoms with Crippen LogP contribution >= 0.6 is 0 Å². The summed E-state index contributed by atoms with van der Waals surface area (Å²) in [6, 6.07) is 23.8. The van der Waals surface area contributed by atoms with Crippen molar-refractivity contribution in [2.75, 3.05) is 25.5 Å². The maximum atomic E-state index is 14.4. The van der Waals surface area contributed by atoms with Gasteiger partial charge in [-0.05, 0) is 23.8 Å². The lowest BCUT2D eigenvalue weighted by molar-refractivity contribution is 0.0743. The predicted octanol–water partition coefficient (Wildman–Crippen LogP) is 4.73.